The van der Waals surface area contributed by atoms with Crippen LogP contribution in [0.4, 0.5) is 4.39 Å². The van der Waals surface area contributed by atoms with E-state index in [0.717, 1.165) is 25.9 Å². The van der Waals surface area contributed by atoms with Crippen molar-refractivity contribution in [1.29, 1.82) is 0 Å². The standard InChI is InChI=1S/C14H18ClFN2O/c1-18(9-10-4-6-17-7-5-10)14(19)12-3-2-11(15)8-13(12)16/h2-3,8,10,17H,4-7,9H2,1H3. The summed E-state index contributed by atoms with van der Waals surface area (Å²) in [6.45, 7) is 2.65. The van der Waals surface area contributed by atoms with Crippen molar-refractivity contribution in [3.63, 3.8) is 0 Å². The van der Waals surface area contributed by atoms with Crippen LogP contribution in [-0.4, -0.2) is 37.5 Å². The molecule has 1 aromatic carbocycles. The second kappa shape index (κ2) is 6.35. The second-order valence-corrected chi connectivity index (χ2v) is 5.44. The van der Waals surface area contributed by atoms with Crippen molar-refractivity contribution < 1.29 is 9.18 Å². The highest BCUT2D eigenvalue weighted by Gasteiger charge is 2.21. The van der Waals surface area contributed by atoms with Gasteiger partial charge in [-0.15, -0.1) is 0 Å². The van der Waals surface area contributed by atoms with Gasteiger partial charge in [0.25, 0.3) is 5.91 Å². The van der Waals surface area contributed by atoms with Gasteiger partial charge in [-0.1, -0.05) is 11.6 Å². The molecule has 3 nitrogen and oxygen atoms in total. The zero-order chi connectivity index (χ0) is 13.8. The first-order valence-corrected chi connectivity index (χ1v) is 6.87. The molecule has 0 saturated carbocycles. The zero-order valence-electron chi connectivity index (χ0n) is 11.0. The van der Waals surface area contributed by atoms with Gasteiger partial charge in [0.1, 0.15) is 5.82 Å². The molecule has 0 aliphatic carbocycles. The number of benzene rings is 1. The summed E-state index contributed by atoms with van der Waals surface area (Å²) >= 11 is 5.68. The van der Waals surface area contributed by atoms with Gasteiger partial charge in [-0.25, -0.2) is 4.39 Å². The molecule has 1 fully saturated rings. The third kappa shape index (κ3) is 3.67. The fourth-order valence-electron chi connectivity index (χ4n) is 2.40. The van der Waals surface area contributed by atoms with Crippen molar-refractivity contribution in [3.8, 4) is 0 Å². The van der Waals surface area contributed by atoms with Crippen LogP contribution in [0.25, 0.3) is 0 Å². The minimum atomic E-state index is -0.560. The van der Waals surface area contributed by atoms with Gasteiger partial charge in [0.2, 0.25) is 0 Å². The lowest BCUT2D eigenvalue weighted by Crippen LogP contribution is -2.37. The number of nitrogens with one attached hydrogen (secondary N) is 1. The van der Waals surface area contributed by atoms with E-state index in [1.54, 1.807) is 11.9 Å². The van der Waals surface area contributed by atoms with Gasteiger partial charge in [-0.3, -0.25) is 4.79 Å². The van der Waals surface area contributed by atoms with Gasteiger partial charge in [0.05, 0.1) is 5.56 Å². The molecule has 0 unspecified atom stereocenters. The third-order valence-electron chi connectivity index (χ3n) is 3.50. The fourth-order valence-corrected chi connectivity index (χ4v) is 2.56. The summed E-state index contributed by atoms with van der Waals surface area (Å²) in [5.41, 5.74) is 0.0841. The first-order chi connectivity index (χ1) is 9.08. The van der Waals surface area contributed by atoms with Crippen LogP contribution in [0.5, 0.6) is 0 Å². The Morgan fingerprint density at radius 1 is 1.47 bits per heavy atom. The average Bonchev–Trinajstić information content (AvgIpc) is 2.39. The van der Waals surface area contributed by atoms with E-state index in [2.05, 4.69) is 5.32 Å². The smallest absolute Gasteiger partial charge is 0.256 e. The number of hydrogen-bond acceptors (Lipinski definition) is 2. The Hall–Kier alpha value is -1.13. The van der Waals surface area contributed by atoms with Crippen LogP contribution in [0.15, 0.2) is 18.2 Å². The quantitative estimate of drug-likeness (QED) is 0.925. The topological polar surface area (TPSA) is 32.3 Å². The summed E-state index contributed by atoms with van der Waals surface area (Å²) in [6, 6.07) is 4.16. The minimum absolute atomic E-state index is 0.0841. The summed E-state index contributed by atoms with van der Waals surface area (Å²) in [5.74, 6) is -0.354. The van der Waals surface area contributed by atoms with Gasteiger partial charge in [0.15, 0.2) is 0 Å². The molecule has 19 heavy (non-hydrogen) atoms. The second-order valence-electron chi connectivity index (χ2n) is 5.00. The van der Waals surface area contributed by atoms with E-state index in [0.29, 0.717) is 17.5 Å². The summed E-state index contributed by atoms with van der Waals surface area (Å²) in [7, 11) is 1.72. The van der Waals surface area contributed by atoms with Gasteiger partial charge in [0, 0.05) is 18.6 Å². The van der Waals surface area contributed by atoms with E-state index in [1.165, 1.54) is 18.2 Å². The Morgan fingerprint density at radius 2 is 2.16 bits per heavy atom. The summed E-state index contributed by atoms with van der Waals surface area (Å²) in [4.78, 5) is 13.8. The van der Waals surface area contributed by atoms with Crippen molar-refractivity contribution in [1.82, 2.24) is 10.2 Å². The highest BCUT2D eigenvalue weighted by Crippen LogP contribution is 2.18. The Labute approximate surface area is 117 Å². The Kier molecular flexibility index (Phi) is 4.77. The van der Waals surface area contributed by atoms with Crippen LogP contribution >= 0.6 is 11.6 Å². The third-order valence-corrected chi connectivity index (χ3v) is 3.73. The molecule has 0 radical (unpaired) electrons. The van der Waals surface area contributed by atoms with Crippen LogP contribution in [0.1, 0.15) is 23.2 Å². The van der Waals surface area contributed by atoms with Crippen LogP contribution in [-0.2, 0) is 0 Å². The first-order valence-electron chi connectivity index (χ1n) is 6.49. The molecule has 0 aromatic heterocycles. The molecule has 1 heterocycles. The maximum Gasteiger partial charge on any atom is 0.256 e. The summed E-state index contributed by atoms with van der Waals surface area (Å²) in [5, 5.41) is 3.59. The molecule has 1 saturated heterocycles. The van der Waals surface area contributed by atoms with Crippen molar-refractivity contribution in [2.24, 2.45) is 5.92 Å². The number of piperidine rings is 1. The maximum absolute atomic E-state index is 13.7. The van der Waals surface area contributed by atoms with Crippen molar-refractivity contribution in [2.45, 2.75) is 12.8 Å². The number of rotatable bonds is 3. The SMILES string of the molecule is CN(CC1CCNCC1)C(=O)c1ccc(Cl)cc1F. The van der Waals surface area contributed by atoms with Gasteiger partial charge < -0.3 is 10.2 Å². The van der Waals surface area contributed by atoms with E-state index >= 15 is 0 Å². The molecule has 0 bridgehead atoms. The summed E-state index contributed by atoms with van der Waals surface area (Å²) < 4.78 is 13.7. The molecule has 2 rings (SSSR count). The number of amides is 1. The summed E-state index contributed by atoms with van der Waals surface area (Å²) in [6.07, 6.45) is 2.11. The van der Waals surface area contributed by atoms with Crippen molar-refractivity contribution >= 4 is 17.5 Å². The predicted molar refractivity (Wildman–Crippen MR) is 74.0 cm³/mol. The Morgan fingerprint density at radius 3 is 2.79 bits per heavy atom. The number of halogens is 2. The highest BCUT2D eigenvalue weighted by atomic mass is 35.5. The van der Waals surface area contributed by atoms with E-state index in [9.17, 15) is 9.18 Å². The molecule has 5 heteroatoms. The van der Waals surface area contributed by atoms with Gasteiger partial charge in [-0.05, 0) is 50.0 Å². The molecule has 0 atom stereocenters. The van der Waals surface area contributed by atoms with E-state index in [1.807, 2.05) is 0 Å². The van der Waals surface area contributed by atoms with E-state index in [4.69, 9.17) is 11.6 Å². The van der Waals surface area contributed by atoms with Gasteiger partial charge in [-0.2, -0.15) is 0 Å². The predicted octanol–water partition coefficient (Wildman–Crippen LogP) is 2.55. The molecular weight excluding hydrogens is 267 g/mol. The molecule has 1 aliphatic heterocycles. The average molecular weight is 285 g/mol. The number of nitrogens with zero attached hydrogens (tertiary/aromatic N) is 1. The Bertz CT molecular complexity index is 461. The van der Waals surface area contributed by atoms with Crippen LogP contribution < -0.4 is 5.32 Å². The molecule has 1 aliphatic rings. The highest BCUT2D eigenvalue weighted by molar-refractivity contribution is 6.30. The lowest BCUT2D eigenvalue weighted by molar-refractivity contribution is 0.0758. The minimum Gasteiger partial charge on any atom is -0.341 e. The Balaban J connectivity index is 2.01. The number of carbonyl (C=O) groups is 1. The van der Waals surface area contributed by atoms with Crippen LogP contribution in [0.2, 0.25) is 5.02 Å². The van der Waals surface area contributed by atoms with Crippen molar-refractivity contribution in [3.05, 3.63) is 34.6 Å². The van der Waals surface area contributed by atoms with Gasteiger partial charge >= 0.3 is 0 Å². The monoisotopic (exact) mass is 284 g/mol. The molecule has 1 aromatic rings. The lowest BCUT2D eigenvalue weighted by Gasteiger charge is -2.27. The maximum atomic E-state index is 13.7. The normalized spacial score (nSPS) is 16.4. The fraction of sp³-hybridized carbons (Fsp3) is 0.500. The number of carbonyl (C=O) groups excluding carboxylic acids is 1. The molecule has 1 N–H and O–H groups in total. The zero-order valence-corrected chi connectivity index (χ0v) is 11.7. The lowest BCUT2D eigenvalue weighted by atomic mass is 9.97. The van der Waals surface area contributed by atoms with Crippen LogP contribution in [0.3, 0.4) is 0 Å². The molecule has 1 amide bonds. The first kappa shape index (κ1) is 14.3. The van der Waals surface area contributed by atoms with Crippen molar-refractivity contribution in [2.75, 3.05) is 26.7 Å². The van der Waals surface area contributed by atoms with Crippen LogP contribution in [0, 0.1) is 11.7 Å². The molecule has 104 valence electrons. The molecular formula is C14H18ClFN2O. The molecule has 0 spiro atoms. The number of hydrogen-bond donors (Lipinski definition) is 1. The largest absolute Gasteiger partial charge is 0.341 e. The van der Waals surface area contributed by atoms with E-state index < -0.39 is 5.82 Å². The van der Waals surface area contributed by atoms with E-state index in [-0.39, 0.29) is 11.5 Å².